The van der Waals surface area contributed by atoms with Crippen LogP contribution in [-0.4, -0.2) is 11.9 Å². The van der Waals surface area contributed by atoms with Crippen LogP contribution in [-0.2, 0) is 0 Å². The summed E-state index contributed by atoms with van der Waals surface area (Å²) in [6.45, 7) is 2.06. The van der Waals surface area contributed by atoms with E-state index in [1.54, 1.807) is 0 Å². The van der Waals surface area contributed by atoms with Crippen molar-refractivity contribution in [1.82, 2.24) is 4.98 Å². The molecule has 0 aliphatic heterocycles. The Labute approximate surface area is 72.3 Å². The van der Waals surface area contributed by atoms with E-state index < -0.39 is 0 Å². The number of hydrogen-bond donors (Lipinski definition) is 0. The number of pyridine rings is 1. The van der Waals surface area contributed by atoms with Crippen LogP contribution in [0.3, 0.4) is 0 Å². The van der Waals surface area contributed by atoms with Crippen LogP contribution in [0.2, 0.25) is 0 Å². The van der Waals surface area contributed by atoms with Crippen molar-refractivity contribution in [3.63, 3.8) is 0 Å². The summed E-state index contributed by atoms with van der Waals surface area (Å²) in [5.74, 6) is 2.02. The number of hydrogen-bond acceptors (Lipinski definition) is 1. The van der Waals surface area contributed by atoms with Gasteiger partial charge in [0.1, 0.15) is 0 Å². The Morgan fingerprint density at radius 1 is 1.00 bits per heavy atom. The maximum absolute atomic E-state index is 4.25. The molecule has 2 rings (SSSR count). The van der Waals surface area contributed by atoms with Gasteiger partial charge >= 0.3 is 71.6 Å². The molecule has 0 spiro atoms. The van der Waals surface area contributed by atoms with Gasteiger partial charge in [0.25, 0.3) is 0 Å². The molecule has 0 unspecified atom stereocenters. The van der Waals surface area contributed by atoms with Gasteiger partial charge in [-0.2, -0.15) is 0 Å². The molecule has 0 amide bonds. The zero-order chi connectivity index (χ0) is 8.23. The van der Waals surface area contributed by atoms with Crippen LogP contribution < -0.4 is 0 Å². The van der Waals surface area contributed by atoms with Crippen molar-refractivity contribution in [2.24, 2.45) is 0 Å². The second kappa shape index (κ2) is 3.31. The van der Waals surface area contributed by atoms with Gasteiger partial charge < -0.3 is 0 Å². The SMILES string of the molecule is b1ccccc1-c1ccccn1. The summed E-state index contributed by atoms with van der Waals surface area (Å²) in [5, 5.41) is 0. The molecule has 0 aliphatic rings. The van der Waals surface area contributed by atoms with E-state index >= 15 is 0 Å². The van der Waals surface area contributed by atoms with E-state index in [9.17, 15) is 0 Å². The second-order valence-electron chi connectivity index (χ2n) is 2.58. The number of aromatic nitrogens is 1. The minimum atomic E-state index is 1.03. The van der Waals surface area contributed by atoms with Gasteiger partial charge in [-0.05, 0) is 0 Å². The molecule has 0 aromatic carbocycles. The predicted molar refractivity (Wildman–Crippen MR) is 51.0 cm³/mol. The molecule has 0 N–H and O–H groups in total. The Morgan fingerprint density at radius 3 is 2.58 bits per heavy atom. The van der Waals surface area contributed by atoms with Crippen molar-refractivity contribution in [2.75, 3.05) is 0 Å². The fourth-order valence-corrected chi connectivity index (χ4v) is 1.14. The van der Waals surface area contributed by atoms with Crippen LogP contribution in [0.4, 0.5) is 0 Å². The number of nitrogens with zero attached hydrogens (tertiary/aromatic N) is 1. The fraction of sp³-hybridized carbons (Fsp3) is 0. The maximum atomic E-state index is 4.25. The summed E-state index contributed by atoms with van der Waals surface area (Å²) in [4.78, 5) is 4.25. The van der Waals surface area contributed by atoms with E-state index in [-0.39, 0.29) is 0 Å². The van der Waals surface area contributed by atoms with Gasteiger partial charge in [0.15, 0.2) is 0 Å². The second-order valence-corrected chi connectivity index (χ2v) is 2.58. The van der Waals surface area contributed by atoms with Crippen LogP contribution in [0.1, 0.15) is 0 Å². The quantitative estimate of drug-likeness (QED) is 0.611. The first-order valence-corrected chi connectivity index (χ1v) is 3.93. The molecule has 2 heteroatoms. The van der Waals surface area contributed by atoms with Gasteiger partial charge in [-0.3, -0.25) is 0 Å². The Bertz CT molecular complexity index is 307. The van der Waals surface area contributed by atoms with Crippen LogP contribution in [0.25, 0.3) is 11.2 Å². The van der Waals surface area contributed by atoms with Crippen molar-refractivity contribution < 1.29 is 0 Å². The molecule has 0 saturated heterocycles. The average molecular weight is 153 g/mol. The van der Waals surface area contributed by atoms with Crippen LogP contribution in [0.15, 0.2) is 48.6 Å². The van der Waals surface area contributed by atoms with Crippen molar-refractivity contribution in [1.29, 1.82) is 0 Å². The summed E-state index contributed by atoms with van der Waals surface area (Å²) in [6.07, 6.45) is 1.81. The monoisotopic (exact) mass is 153 g/mol. The van der Waals surface area contributed by atoms with Gasteiger partial charge in [-0.1, -0.05) is 0 Å². The third kappa shape index (κ3) is 1.42. The third-order valence-electron chi connectivity index (χ3n) is 1.73. The predicted octanol–water partition coefficient (Wildman–Crippen LogP) is 2.09. The van der Waals surface area contributed by atoms with Crippen LogP contribution in [0, 0.1) is 0 Å². The van der Waals surface area contributed by atoms with Gasteiger partial charge in [0.05, 0.1) is 0 Å². The summed E-state index contributed by atoms with van der Waals surface area (Å²) in [6, 6.07) is 12.0. The molecule has 2 heterocycles. The van der Waals surface area contributed by atoms with Crippen molar-refractivity contribution in [2.45, 2.75) is 0 Å². The summed E-state index contributed by atoms with van der Waals surface area (Å²) >= 11 is 0. The molecule has 1 nitrogen and oxygen atoms in total. The van der Waals surface area contributed by atoms with E-state index in [1.165, 1.54) is 0 Å². The first kappa shape index (κ1) is 7.23. The molecular formula is C10H8BN. The fourth-order valence-electron chi connectivity index (χ4n) is 1.14. The van der Waals surface area contributed by atoms with Crippen LogP contribution in [0.5, 0.6) is 0 Å². The minimum absolute atomic E-state index is 1.03. The normalized spacial score (nSPS) is 9.33. The molecule has 2 aromatic rings. The van der Waals surface area contributed by atoms with E-state index in [1.807, 2.05) is 42.5 Å². The van der Waals surface area contributed by atoms with Crippen molar-refractivity contribution in [3.05, 3.63) is 48.6 Å². The summed E-state index contributed by atoms with van der Waals surface area (Å²) < 4.78 is 0. The molecule has 0 fully saturated rings. The Kier molecular flexibility index (Phi) is 1.99. The molecule has 2 aromatic heterocycles. The molecule has 0 bridgehead atoms. The average Bonchev–Trinajstić information content (AvgIpc) is 2.21. The van der Waals surface area contributed by atoms with Gasteiger partial charge in [0, 0.05) is 0 Å². The molecule has 0 radical (unpaired) electrons. The van der Waals surface area contributed by atoms with Crippen molar-refractivity contribution in [3.8, 4) is 11.2 Å². The van der Waals surface area contributed by atoms with E-state index in [2.05, 4.69) is 18.0 Å². The Hall–Kier alpha value is -1.44. The molecule has 12 heavy (non-hydrogen) atoms. The molecule has 56 valence electrons. The molecular weight excluding hydrogens is 145 g/mol. The first-order chi connectivity index (χ1) is 5.97. The standard InChI is InChI=1S/C10H8BN/c1-3-7-11-9(5-1)10-6-2-4-8-12-10/h1-8H. The van der Waals surface area contributed by atoms with Gasteiger partial charge in [0.2, 0.25) is 0 Å². The topological polar surface area (TPSA) is 12.9 Å². The van der Waals surface area contributed by atoms with E-state index in [4.69, 9.17) is 0 Å². The summed E-state index contributed by atoms with van der Waals surface area (Å²) in [7, 11) is 0. The molecule has 0 aliphatic carbocycles. The van der Waals surface area contributed by atoms with E-state index in [0.29, 0.717) is 0 Å². The first-order valence-electron chi connectivity index (χ1n) is 3.93. The van der Waals surface area contributed by atoms with Gasteiger partial charge in [-0.25, -0.2) is 0 Å². The third-order valence-corrected chi connectivity index (χ3v) is 1.73. The zero-order valence-corrected chi connectivity index (χ0v) is 6.64. The zero-order valence-electron chi connectivity index (χ0n) is 6.64. The number of rotatable bonds is 1. The van der Waals surface area contributed by atoms with Crippen LogP contribution >= 0.6 is 0 Å². The summed E-state index contributed by atoms with van der Waals surface area (Å²) in [5.41, 5.74) is 2.19. The molecule has 0 saturated carbocycles. The molecule has 0 atom stereocenters. The van der Waals surface area contributed by atoms with Crippen molar-refractivity contribution >= 4 is 6.91 Å². The Balaban J connectivity index is 2.46. The van der Waals surface area contributed by atoms with E-state index in [0.717, 1.165) is 11.2 Å². The Morgan fingerprint density at radius 2 is 1.92 bits per heavy atom. The van der Waals surface area contributed by atoms with Gasteiger partial charge in [-0.15, -0.1) is 0 Å².